The minimum atomic E-state index is -1.43. The fourth-order valence-corrected chi connectivity index (χ4v) is 13.9. The van der Waals surface area contributed by atoms with E-state index in [-0.39, 0.29) is 0 Å². The van der Waals surface area contributed by atoms with Crippen LogP contribution in [0.15, 0.2) is 24.3 Å². The lowest BCUT2D eigenvalue weighted by Gasteiger charge is -2.53. The maximum absolute atomic E-state index is 2.58. The van der Waals surface area contributed by atoms with Gasteiger partial charge < -0.3 is 0 Å². The molecule has 4 rings (SSSR count). The van der Waals surface area contributed by atoms with Gasteiger partial charge in [-0.15, -0.1) is 0 Å². The maximum Gasteiger partial charge on any atom is 0.0957 e. The van der Waals surface area contributed by atoms with Gasteiger partial charge in [-0.1, -0.05) is 75.5 Å². The van der Waals surface area contributed by atoms with Crippen molar-refractivity contribution in [2.75, 3.05) is 0 Å². The molecule has 0 amide bonds. The Morgan fingerprint density at radius 3 is 2.52 bits per heavy atom. The van der Waals surface area contributed by atoms with Crippen LogP contribution in [-0.4, -0.2) is 8.07 Å². The van der Waals surface area contributed by atoms with Gasteiger partial charge >= 0.3 is 0 Å². The van der Waals surface area contributed by atoms with Crippen LogP contribution in [0.3, 0.4) is 0 Å². The number of aryl methyl sites for hydroxylation is 1. The summed E-state index contributed by atoms with van der Waals surface area (Å²) in [6.45, 7) is 7.73. The fourth-order valence-electron chi connectivity index (χ4n) is 6.43. The van der Waals surface area contributed by atoms with Gasteiger partial charge in [0.15, 0.2) is 0 Å². The molecule has 1 aromatic carbocycles. The molecule has 0 radical (unpaired) electrons. The lowest BCUT2D eigenvalue weighted by atomic mass is 10.00. The molecule has 0 aromatic heterocycles. The third-order valence-corrected chi connectivity index (χ3v) is 14.5. The smallest absolute Gasteiger partial charge is 0.0627 e. The van der Waals surface area contributed by atoms with Crippen LogP contribution in [-0.2, 0) is 6.42 Å². The summed E-state index contributed by atoms with van der Waals surface area (Å²) < 4.78 is 0. The molecule has 1 aromatic rings. The molecule has 1 aliphatic heterocycles. The van der Waals surface area contributed by atoms with E-state index in [9.17, 15) is 0 Å². The Bertz CT molecular complexity index is 541. The van der Waals surface area contributed by atoms with E-state index in [1.165, 1.54) is 19.3 Å². The zero-order chi connectivity index (χ0) is 14.7. The van der Waals surface area contributed by atoms with Crippen LogP contribution in [0, 0.1) is 11.8 Å². The molecule has 0 saturated heterocycles. The molecular formula is C20H30Si. The molecule has 2 bridgehead atoms. The highest BCUT2D eigenvalue weighted by atomic mass is 28.3. The van der Waals surface area contributed by atoms with Crippen molar-refractivity contribution >= 4 is 13.3 Å². The molecule has 2 saturated carbocycles. The highest BCUT2D eigenvalue weighted by Gasteiger charge is 2.58. The highest BCUT2D eigenvalue weighted by molar-refractivity contribution is 6.95. The summed E-state index contributed by atoms with van der Waals surface area (Å²) in [5.74, 6) is 2.16. The van der Waals surface area contributed by atoms with E-state index in [1.54, 1.807) is 30.9 Å². The third-order valence-electron chi connectivity index (χ3n) is 7.22. The van der Waals surface area contributed by atoms with Crippen molar-refractivity contribution in [2.24, 2.45) is 11.8 Å². The van der Waals surface area contributed by atoms with Crippen LogP contribution in [0.4, 0.5) is 0 Å². The summed E-state index contributed by atoms with van der Waals surface area (Å²) in [5.41, 5.74) is 2.80. The Morgan fingerprint density at radius 1 is 1.05 bits per heavy atom. The molecule has 2 fully saturated rings. The van der Waals surface area contributed by atoms with Gasteiger partial charge in [-0.2, -0.15) is 0 Å². The maximum atomic E-state index is 2.58. The van der Waals surface area contributed by atoms with Crippen LogP contribution in [0.2, 0.25) is 16.6 Å². The van der Waals surface area contributed by atoms with Crippen LogP contribution in [0.1, 0.15) is 58.4 Å². The topological polar surface area (TPSA) is 0 Å². The molecule has 2 aliphatic carbocycles. The van der Waals surface area contributed by atoms with E-state index >= 15 is 0 Å². The first-order chi connectivity index (χ1) is 10.0. The number of hydrogen-bond acceptors (Lipinski definition) is 0. The molecule has 0 spiro atoms. The van der Waals surface area contributed by atoms with Gasteiger partial charge in [-0.3, -0.25) is 0 Å². The normalized spacial score (nSPS) is 38.5. The van der Waals surface area contributed by atoms with Crippen molar-refractivity contribution in [3.8, 4) is 0 Å². The molecule has 0 nitrogen and oxygen atoms in total. The summed E-state index contributed by atoms with van der Waals surface area (Å²) in [4.78, 5) is 0. The quantitative estimate of drug-likeness (QED) is 0.619. The van der Waals surface area contributed by atoms with Gasteiger partial charge in [0.2, 0.25) is 0 Å². The van der Waals surface area contributed by atoms with Crippen molar-refractivity contribution in [1.82, 2.24) is 0 Å². The third kappa shape index (κ3) is 1.92. The molecular weight excluding hydrogens is 268 g/mol. The molecule has 0 unspecified atom stereocenters. The SMILES string of the molecule is CC(C)(C)[Si@]1([C@@H]2C[C@H]3CC[C@@H]2C3)CCCc2ccccc21. The summed E-state index contributed by atoms with van der Waals surface area (Å²) >= 11 is 0. The highest BCUT2D eigenvalue weighted by Crippen LogP contribution is 2.62. The minimum Gasteiger partial charge on any atom is -0.0627 e. The largest absolute Gasteiger partial charge is 0.0957 e. The number of rotatable bonds is 1. The lowest BCUT2D eigenvalue weighted by molar-refractivity contribution is 0.454. The average Bonchev–Trinajstić information content (AvgIpc) is 3.08. The number of fused-ring (bicyclic) bond motifs is 3. The van der Waals surface area contributed by atoms with Gasteiger partial charge in [0.1, 0.15) is 0 Å². The summed E-state index contributed by atoms with van der Waals surface area (Å²) in [7, 11) is -1.43. The standard InChI is InChI=1S/C20H30Si/c1-20(2,3)21(19-14-15-10-11-17(19)13-15)12-6-8-16-7-4-5-9-18(16)21/h4-5,7,9,15,17,19H,6,8,10-14H2,1-3H3/t15-,17+,19+,21+/m0/s1. The van der Waals surface area contributed by atoms with E-state index in [0.717, 1.165) is 17.4 Å². The molecule has 1 heterocycles. The predicted octanol–water partition coefficient (Wildman–Crippen LogP) is 5.28. The summed E-state index contributed by atoms with van der Waals surface area (Å²) in [6, 6.07) is 11.1. The van der Waals surface area contributed by atoms with Crippen LogP contribution >= 0.6 is 0 Å². The van der Waals surface area contributed by atoms with E-state index < -0.39 is 8.07 Å². The molecule has 114 valence electrons. The first-order valence-electron chi connectivity index (χ1n) is 9.11. The molecule has 4 atom stereocenters. The number of hydrogen-bond donors (Lipinski definition) is 0. The predicted molar refractivity (Wildman–Crippen MR) is 93.9 cm³/mol. The zero-order valence-corrected chi connectivity index (χ0v) is 15.0. The minimum absolute atomic E-state index is 0.513. The monoisotopic (exact) mass is 298 g/mol. The Hall–Kier alpha value is -0.563. The van der Waals surface area contributed by atoms with Crippen molar-refractivity contribution < 1.29 is 0 Å². The van der Waals surface area contributed by atoms with Crippen LogP contribution < -0.4 is 5.19 Å². The fraction of sp³-hybridized carbons (Fsp3) is 0.700. The Morgan fingerprint density at radius 2 is 1.86 bits per heavy atom. The van der Waals surface area contributed by atoms with Crippen molar-refractivity contribution in [2.45, 2.75) is 75.9 Å². The second kappa shape index (κ2) is 4.71. The van der Waals surface area contributed by atoms with E-state index in [2.05, 4.69) is 45.0 Å². The molecule has 21 heavy (non-hydrogen) atoms. The lowest BCUT2D eigenvalue weighted by Crippen LogP contribution is -2.62. The summed E-state index contributed by atoms with van der Waals surface area (Å²) in [6.07, 6.45) is 9.01. The Balaban J connectivity index is 1.87. The molecule has 3 aliphatic rings. The summed E-state index contributed by atoms with van der Waals surface area (Å²) in [5, 5.41) is 2.37. The second-order valence-corrected chi connectivity index (χ2v) is 14.2. The molecule has 1 heteroatoms. The van der Waals surface area contributed by atoms with Crippen LogP contribution in [0.25, 0.3) is 0 Å². The Kier molecular flexibility index (Phi) is 3.16. The average molecular weight is 299 g/mol. The first-order valence-corrected chi connectivity index (χ1v) is 11.4. The van der Waals surface area contributed by atoms with Crippen molar-refractivity contribution in [3.05, 3.63) is 29.8 Å². The van der Waals surface area contributed by atoms with Gasteiger partial charge in [0.25, 0.3) is 0 Å². The molecule has 0 N–H and O–H groups in total. The second-order valence-electron chi connectivity index (χ2n) is 9.01. The van der Waals surface area contributed by atoms with E-state index in [4.69, 9.17) is 0 Å². The number of benzene rings is 1. The van der Waals surface area contributed by atoms with Gasteiger partial charge in [0, 0.05) is 0 Å². The van der Waals surface area contributed by atoms with Gasteiger partial charge in [-0.25, -0.2) is 0 Å². The van der Waals surface area contributed by atoms with Crippen LogP contribution in [0.5, 0.6) is 0 Å². The van der Waals surface area contributed by atoms with Crippen molar-refractivity contribution in [3.63, 3.8) is 0 Å². The first kappa shape index (κ1) is 14.1. The van der Waals surface area contributed by atoms with Gasteiger partial charge in [0.05, 0.1) is 8.07 Å². The Labute approximate surface area is 131 Å². The van der Waals surface area contributed by atoms with Gasteiger partial charge in [-0.05, 0) is 47.2 Å². The van der Waals surface area contributed by atoms with E-state index in [1.807, 2.05) is 5.19 Å². The van der Waals surface area contributed by atoms with E-state index in [0.29, 0.717) is 5.04 Å². The zero-order valence-electron chi connectivity index (χ0n) is 14.0. The van der Waals surface area contributed by atoms with Crippen molar-refractivity contribution in [1.29, 1.82) is 0 Å².